The van der Waals surface area contributed by atoms with E-state index in [1.807, 2.05) is 0 Å². The van der Waals surface area contributed by atoms with Crippen molar-refractivity contribution in [3.63, 3.8) is 0 Å². The van der Waals surface area contributed by atoms with E-state index in [0.29, 0.717) is 0 Å². The fourth-order valence-corrected chi connectivity index (χ4v) is 3.56. The Labute approximate surface area is 101 Å². The van der Waals surface area contributed by atoms with Crippen molar-refractivity contribution in [1.82, 2.24) is 10.2 Å². The van der Waals surface area contributed by atoms with Crippen LogP contribution in [0.3, 0.4) is 0 Å². The second-order valence-corrected chi connectivity index (χ2v) is 5.96. The molecule has 0 bridgehead atoms. The summed E-state index contributed by atoms with van der Waals surface area (Å²) < 4.78 is 0. The first-order chi connectivity index (χ1) is 7.77. The van der Waals surface area contributed by atoms with E-state index >= 15 is 0 Å². The molecule has 2 nitrogen and oxygen atoms in total. The number of nitrogens with one attached hydrogen (secondary N) is 1. The summed E-state index contributed by atoms with van der Waals surface area (Å²) in [5.74, 6) is 1.86. The van der Waals surface area contributed by atoms with Crippen molar-refractivity contribution in [3.05, 3.63) is 0 Å². The van der Waals surface area contributed by atoms with Gasteiger partial charge in [0.1, 0.15) is 0 Å². The van der Waals surface area contributed by atoms with E-state index in [1.54, 1.807) is 0 Å². The van der Waals surface area contributed by atoms with Crippen LogP contribution in [0.4, 0.5) is 0 Å². The van der Waals surface area contributed by atoms with Crippen molar-refractivity contribution in [1.29, 1.82) is 0 Å². The Hall–Kier alpha value is -0.0800. The average Bonchev–Trinajstić information content (AvgIpc) is 2.31. The SMILES string of the molecule is CC1CCCCC1N(C)CC1CCNCC1. The highest BCUT2D eigenvalue weighted by Gasteiger charge is 2.26. The van der Waals surface area contributed by atoms with Crippen LogP contribution in [0.1, 0.15) is 45.4 Å². The largest absolute Gasteiger partial charge is 0.317 e. The number of rotatable bonds is 3. The zero-order valence-electron chi connectivity index (χ0n) is 11.0. The molecule has 0 spiro atoms. The number of hydrogen-bond acceptors (Lipinski definition) is 2. The first kappa shape index (κ1) is 12.4. The van der Waals surface area contributed by atoms with E-state index in [4.69, 9.17) is 0 Å². The van der Waals surface area contributed by atoms with Gasteiger partial charge in [-0.2, -0.15) is 0 Å². The molecule has 1 aliphatic carbocycles. The standard InChI is InChI=1S/C14H28N2/c1-12-5-3-4-6-14(12)16(2)11-13-7-9-15-10-8-13/h12-15H,3-11H2,1-2H3. The molecule has 0 aromatic heterocycles. The molecular weight excluding hydrogens is 196 g/mol. The highest BCUT2D eigenvalue weighted by atomic mass is 15.1. The summed E-state index contributed by atoms with van der Waals surface area (Å²) in [7, 11) is 2.36. The minimum absolute atomic E-state index is 0.864. The molecule has 2 atom stereocenters. The van der Waals surface area contributed by atoms with E-state index in [-0.39, 0.29) is 0 Å². The predicted octanol–water partition coefficient (Wildman–Crippen LogP) is 2.50. The highest BCUT2D eigenvalue weighted by molar-refractivity contribution is 4.81. The molecule has 1 N–H and O–H groups in total. The maximum absolute atomic E-state index is 3.46. The summed E-state index contributed by atoms with van der Waals surface area (Å²) in [6.45, 7) is 6.25. The number of hydrogen-bond donors (Lipinski definition) is 1. The molecule has 94 valence electrons. The monoisotopic (exact) mass is 224 g/mol. The third-order valence-electron chi connectivity index (χ3n) is 4.64. The summed E-state index contributed by atoms with van der Waals surface area (Å²) in [5, 5.41) is 3.46. The van der Waals surface area contributed by atoms with Crippen molar-refractivity contribution >= 4 is 0 Å². The second kappa shape index (κ2) is 6.02. The lowest BCUT2D eigenvalue weighted by Crippen LogP contribution is -2.43. The van der Waals surface area contributed by atoms with Gasteiger partial charge in [-0.15, -0.1) is 0 Å². The van der Waals surface area contributed by atoms with Crippen LogP contribution in [0.2, 0.25) is 0 Å². The summed E-state index contributed by atoms with van der Waals surface area (Å²) in [5.41, 5.74) is 0. The number of nitrogens with zero attached hydrogens (tertiary/aromatic N) is 1. The van der Waals surface area contributed by atoms with Gasteiger partial charge in [-0.25, -0.2) is 0 Å². The van der Waals surface area contributed by atoms with Crippen LogP contribution < -0.4 is 5.32 Å². The minimum Gasteiger partial charge on any atom is -0.317 e. The van der Waals surface area contributed by atoms with Crippen molar-refractivity contribution in [2.24, 2.45) is 11.8 Å². The fraction of sp³-hybridized carbons (Fsp3) is 1.00. The smallest absolute Gasteiger partial charge is 0.0118 e. The van der Waals surface area contributed by atoms with Crippen molar-refractivity contribution in [2.45, 2.75) is 51.5 Å². The van der Waals surface area contributed by atoms with E-state index in [1.165, 1.54) is 58.2 Å². The molecule has 2 unspecified atom stereocenters. The van der Waals surface area contributed by atoms with Crippen LogP contribution in [-0.4, -0.2) is 37.6 Å². The van der Waals surface area contributed by atoms with Crippen LogP contribution in [0.5, 0.6) is 0 Å². The maximum atomic E-state index is 3.46. The van der Waals surface area contributed by atoms with Gasteiger partial charge in [0.15, 0.2) is 0 Å². The predicted molar refractivity (Wildman–Crippen MR) is 69.6 cm³/mol. The molecule has 2 heteroatoms. The second-order valence-electron chi connectivity index (χ2n) is 5.96. The molecule has 1 heterocycles. The van der Waals surface area contributed by atoms with Crippen molar-refractivity contribution in [2.75, 3.05) is 26.7 Å². The molecule has 2 fully saturated rings. The Balaban J connectivity index is 1.78. The van der Waals surface area contributed by atoms with Gasteiger partial charge in [0.2, 0.25) is 0 Å². The highest BCUT2D eigenvalue weighted by Crippen LogP contribution is 2.28. The third-order valence-corrected chi connectivity index (χ3v) is 4.64. The molecule has 2 rings (SSSR count). The first-order valence-electron chi connectivity index (χ1n) is 7.18. The van der Waals surface area contributed by atoms with Gasteiger partial charge in [0.25, 0.3) is 0 Å². The maximum Gasteiger partial charge on any atom is 0.0118 e. The minimum atomic E-state index is 0.864. The quantitative estimate of drug-likeness (QED) is 0.792. The Kier molecular flexibility index (Phi) is 4.66. The molecule has 0 aromatic rings. The summed E-state index contributed by atoms with van der Waals surface area (Å²) >= 11 is 0. The zero-order valence-corrected chi connectivity index (χ0v) is 11.0. The van der Waals surface area contributed by atoms with Crippen LogP contribution in [0.15, 0.2) is 0 Å². The summed E-state index contributed by atoms with van der Waals surface area (Å²) in [6, 6.07) is 0.864. The van der Waals surface area contributed by atoms with E-state index in [2.05, 4.69) is 24.2 Å². The van der Waals surface area contributed by atoms with Crippen LogP contribution in [-0.2, 0) is 0 Å². The lowest BCUT2D eigenvalue weighted by atomic mass is 9.84. The molecule has 0 amide bonds. The Morgan fingerprint density at radius 2 is 1.75 bits per heavy atom. The third kappa shape index (κ3) is 3.21. The topological polar surface area (TPSA) is 15.3 Å². The number of piperidine rings is 1. The molecule has 0 radical (unpaired) electrons. The zero-order chi connectivity index (χ0) is 11.4. The molecule has 1 aliphatic heterocycles. The molecular formula is C14H28N2. The lowest BCUT2D eigenvalue weighted by Gasteiger charge is -2.38. The van der Waals surface area contributed by atoms with Crippen LogP contribution >= 0.6 is 0 Å². The van der Waals surface area contributed by atoms with Crippen LogP contribution in [0.25, 0.3) is 0 Å². The fourth-order valence-electron chi connectivity index (χ4n) is 3.56. The molecule has 16 heavy (non-hydrogen) atoms. The van der Waals surface area contributed by atoms with E-state index < -0.39 is 0 Å². The van der Waals surface area contributed by atoms with Crippen LogP contribution in [0, 0.1) is 11.8 Å². The Morgan fingerprint density at radius 1 is 1.06 bits per heavy atom. The average molecular weight is 224 g/mol. The Morgan fingerprint density at radius 3 is 2.44 bits per heavy atom. The summed E-state index contributed by atoms with van der Waals surface area (Å²) in [6.07, 6.45) is 8.55. The lowest BCUT2D eigenvalue weighted by molar-refractivity contribution is 0.114. The van der Waals surface area contributed by atoms with Gasteiger partial charge in [-0.3, -0.25) is 0 Å². The van der Waals surface area contributed by atoms with Gasteiger partial charge < -0.3 is 10.2 Å². The first-order valence-corrected chi connectivity index (χ1v) is 7.18. The molecule has 1 saturated heterocycles. The summed E-state index contributed by atoms with van der Waals surface area (Å²) in [4.78, 5) is 2.67. The van der Waals surface area contributed by atoms with Crippen molar-refractivity contribution in [3.8, 4) is 0 Å². The van der Waals surface area contributed by atoms with Gasteiger partial charge >= 0.3 is 0 Å². The van der Waals surface area contributed by atoms with Gasteiger partial charge in [-0.1, -0.05) is 19.8 Å². The van der Waals surface area contributed by atoms with Gasteiger partial charge in [0, 0.05) is 12.6 Å². The van der Waals surface area contributed by atoms with E-state index in [0.717, 1.165) is 17.9 Å². The van der Waals surface area contributed by atoms with Crippen molar-refractivity contribution < 1.29 is 0 Å². The molecule has 1 saturated carbocycles. The Bertz CT molecular complexity index is 199. The normalized spacial score (nSPS) is 33.2. The van der Waals surface area contributed by atoms with E-state index in [9.17, 15) is 0 Å². The van der Waals surface area contributed by atoms with Gasteiger partial charge in [0.05, 0.1) is 0 Å². The van der Waals surface area contributed by atoms with Gasteiger partial charge in [-0.05, 0) is 57.7 Å². The molecule has 2 aliphatic rings. The molecule has 0 aromatic carbocycles.